The summed E-state index contributed by atoms with van der Waals surface area (Å²) < 4.78 is 39.9. The number of phenols is 3. The third-order valence-corrected chi connectivity index (χ3v) is 21.8. The average Bonchev–Trinajstić information content (AvgIpc) is 1.62. The van der Waals surface area contributed by atoms with Crippen LogP contribution in [0.2, 0.25) is 0 Å². The van der Waals surface area contributed by atoms with Gasteiger partial charge in [-0.05, 0) is 184 Å². The van der Waals surface area contributed by atoms with Crippen LogP contribution in [0.25, 0.3) is 65.8 Å². The Bertz CT molecular complexity index is 5570. The number of aromatic nitrogens is 9. The number of carbonyl (C=O) groups excluding carboxylic acids is 3. The van der Waals surface area contributed by atoms with E-state index in [2.05, 4.69) is 102 Å². The molecular weight excluding hydrogens is 1620 g/mol. The van der Waals surface area contributed by atoms with Crippen molar-refractivity contribution >= 4 is 144 Å². The average molecular weight is 1740 g/mol. The van der Waals surface area contributed by atoms with Crippen LogP contribution < -0.4 is 37.7 Å². The van der Waals surface area contributed by atoms with E-state index in [1.165, 1.54) is 11.6 Å². The van der Waals surface area contributed by atoms with Gasteiger partial charge in [-0.1, -0.05) is 94.6 Å². The molecule has 0 atom stereocenters. The molecular formula is C89H113Cl3N15O13P. The zero-order valence-electron chi connectivity index (χ0n) is 69.6. The standard InChI is InChI=1S/C30H39ClN5O6P.C30H38ClN5O3.C29H36ClN5O4/c1-3-4-8-26-35-28-29(36(26)19-22-10-12-25(20(2)16-22)42-43(38,39)40)23-17-21(9-11-24(23)34-30(28)32)7-5-14-41-15-6-13-33-27(37)18-31;1-3-4-8-26-35-28-29(36(26)19-22-10-12-25(37)20(2)16-22)23-17-21(9-11-24(23)34-30(28)32)7-5-14-39-15-6-13-33-27(38)18-31;1-2-3-10-24-34-26-27(35(24)18-20-8-4-9-23(36)28(20)38)21-16-19(11-12-22(21)33-29(26)31)7-5-14-39-15-6-13-32-25(37)17-30/h9-12,16-17H,3-8,13-15,18-19H2,1-2H3,(H2,32,34)(H,33,37)(H2,38,39,40);9-12,16-17,37H,3-8,13-15,18-19H2,1-2H3,(H2,32,34)(H,33,38);4,8-9,11-12,16,36,38H,2-3,5-7,10,13-15,17-18H2,1H3,(H2,31,33)(H,32,37). The summed E-state index contributed by atoms with van der Waals surface area (Å²) in [5.74, 6) is 3.55. The number of carbonyl (C=O) groups is 3. The van der Waals surface area contributed by atoms with E-state index in [9.17, 15) is 44.1 Å². The SMILES string of the molecule is CCCCc1nc2c(N)nc3ccc(CCCOCCCNC(=O)CCl)cc3c2n1Cc1ccc(O)c(C)c1.CCCCc1nc2c(N)nc3ccc(CCCOCCCNC(=O)CCl)cc3c2n1Cc1ccc(OP(=O)(O)O)c(C)c1.CCCCc1nc2c(N)nc3ccc(CCCOCCCNC(=O)CCl)cc3c2n1Cc1cccc(O)c1O. The molecule has 121 heavy (non-hydrogen) atoms. The van der Waals surface area contributed by atoms with E-state index in [-0.39, 0.29) is 52.6 Å². The van der Waals surface area contributed by atoms with Gasteiger partial charge in [-0.3, -0.25) is 24.2 Å². The minimum absolute atomic E-state index is 0.0155. The molecule has 3 amide bonds. The van der Waals surface area contributed by atoms with Crippen LogP contribution in [-0.2, 0) is 91.3 Å². The lowest BCUT2D eigenvalue weighted by molar-refractivity contribution is -0.119. The Hall–Kier alpha value is -10.1. The molecule has 0 saturated carbocycles. The second kappa shape index (κ2) is 46.2. The summed E-state index contributed by atoms with van der Waals surface area (Å²) in [6.45, 7) is 16.9. The van der Waals surface area contributed by atoms with Gasteiger partial charge in [0.2, 0.25) is 17.7 Å². The van der Waals surface area contributed by atoms with Crippen molar-refractivity contribution in [1.82, 2.24) is 59.6 Å². The van der Waals surface area contributed by atoms with Crippen LogP contribution in [-0.4, -0.2) is 163 Å². The van der Waals surface area contributed by atoms with Gasteiger partial charge in [-0.15, -0.1) is 34.8 Å². The Balaban J connectivity index is 0.000000191. The lowest BCUT2D eigenvalue weighted by atomic mass is 10.1. The summed E-state index contributed by atoms with van der Waals surface area (Å²) in [4.78, 5) is 80.7. The van der Waals surface area contributed by atoms with Crippen LogP contribution in [0, 0.1) is 13.8 Å². The highest BCUT2D eigenvalue weighted by Crippen LogP contribution is 2.41. The molecule has 6 heterocycles. The predicted molar refractivity (Wildman–Crippen MR) is 480 cm³/mol. The Morgan fingerprint density at radius 2 is 0.777 bits per heavy atom. The number of para-hydroxylation sites is 1. The Labute approximate surface area is 719 Å². The molecule has 0 unspecified atom stereocenters. The lowest BCUT2D eigenvalue weighted by Gasteiger charge is -2.14. The fourth-order valence-corrected chi connectivity index (χ4v) is 15.2. The first-order valence-electron chi connectivity index (χ1n) is 41.5. The zero-order chi connectivity index (χ0) is 86.5. The highest BCUT2D eigenvalue weighted by molar-refractivity contribution is 7.46. The number of benzene rings is 6. The summed E-state index contributed by atoms with van der Waals surface area (Å²) in [6.07, 6.45) is 15.8. The van der Waals surface area contributed by atoms with Gasteiger partial charge in [-0.2, -0.15) is 0 Å². The van der Waals surface area contributed by atoms with Crippen LogP contribution in [0.1, 0.15) is 160 Å². The molecule has 14 N–H and O–H groups in total. The number of hydrogen-bond donors (Lipinski definition) is 11. The van der Waals surface area contributed by atoms with Gasteiger partial charge < -0.3 is 80.9 Å². The van der Waals surface area contributed by atoms with Crippen molar-refractivity contribution in [3.8, 4) is 23.0 Å². The number of phosphoric ester groups is 1. The topological polar surface area (TPSA) is 413 Å². The number of amides is 3. The highest BCUT2D eigenvalue weighted by atomic mass is 35.5. The first-order chi connectivity index (χ1) is 58.4. The van der Waals surface area contributed by atoms with Crippen molar-refractivity contribution in [1.29, 1.82) is 0 Å². The van der Waals surface area contributed by atoms with Gasteiger partial charge >= 0.3 is 7.82 Å². The fraction of sp³-hybridized carbons (Fsp3) is 0.427. The van der Waals surface area contributed by atoms with E-state index >= 15 is 0 Å². The third kappa shape index (κ3) is 26.2. The molecule has 6 aromatic heterocycles. The minimum atomic E-state index is -4.66. The van der Waals surface area contributed by atoms with E-state index in [1.54, 1.807) is 37.3 Å². The van der Waals surface area contributed by atoms with Crippen molar-refractivity contribution in [2.75, 3.05) is 94.1 Å². The van der Waals surface area contributed by atoms with Crippen molar-refractivity contribution < 1.29 is 62.8 Å². The highest BCUT2D eigenvalue weighted by Gasteiger charge is 2.25. The summed E-state index contributed by atoms with van der Waals surface area (Å²) >= 11 is 16.4. The number of unbranched alkanes of at least 4 members (excludes halogenated alkanes) is 3. The quantitative estimate of drug-likeness (QED) is 0.00731. The molecule has 0 aliphatic heterocycles. The van der Waals surface area contributed by atoms with Gasteiger partial charge in [0.05, 0.1) is 39.6 Å². The number of phenolic OH excluding ortho intramolecular Hbond substituents is 3. The first-order valence-corrected chi connectivity index (χ1v) is 44.6. The normalized spacial score (nSPS) is 11.6. The molecule has 12 aromatic rings. The van der Waals surface area contributed by atoms with E-state index in [0.29, 0.717) is 124 Å². The number of fused-ring (bicyclic) bond motifs is 9. The molecule has 12 rings (SSSR count). The summed E-state index contributed by atoms with van der Waals surface area (Å²) in [7, 11) is -4.66. The number of pyridine rings is 3. The molecule has 0 aliphatic rings. The van der Waals surface area contributed by atoms with E-state index in [1.807, 2.05) is 43.3 Å². The number of alkyl halides is 3. The first kappa shape index (κ1) is 93.1. The number of nitrogens with two attached hydrogens (primary N) is 3. The summed E-state index contributed by atoms with van der Waals surface area (Å²) in [5.41, 5.74) is 34.1. The number of anilines is 3. The van der Waals surface area contributed by atoms with E-state index < -0.39 is 7.82 Å². The van der Waals surface area contributed by atoms with E-state index in [4.69, 9.17) is 85.7 Å². The Morgan fingerprint density at radius 3 is 1.13 bits per heavy atom. The Morgan fingerprint density at radius 1 is 0.421 bits per heavy atom. The molecule has 0 fully saturated rings. The van der Waals surface area contributed by atoms with Crippen molar-refractivity contribution in [2.45, 2.75) is 170 Å². The number of imidazole rings is 3. The number of nitrogen functional groups attached to an aromatic ring is 3. The maximum atomic E-state index is 11.4. The summed E-state index contributed by atoms with van der Waals surface area (Å²) in [5, 5.41) is 41.7. The van der Waals surface area contributed by atoms with Gasteiger partial charge in [0.1, 0.15) is 63.2 Å². The monoisotopic (exact) mass is 1740 g/mol. The van der Waals surface area contributed by atoms with Crippen LogP contribution in [0.15, 0.2) is 109 Å². The molecule has 0 spiro atoms. The molecule has 0 saturated heterocycles. The summed E-state index contributed by atoms with van der Waals surface area (Å²) in [6, 6.07) is 34.7. The fourth-order valence-electron chi connectivity index (χ4n) is 14.5. The van der Waals surface area contributed by atoms with Gasteiger partial charge in [0.25, 0.3) is 0 Å². The molecule has 0 radical (unpaired) electrons. The zero-order valence-corrected chi connectivity index (χ0v) is 72.7. The number of ether oxygens (including phenoxy) is 3. The van der Waals surface area contributed by atoms with Crippen LogP contribution in [0.4, 0.5) is 17.5 Å². The third-order valence-electron chi connectivity index (χ3n) is 20.6. The van der Waals surface area contributed by atoms with Crippen LogP contribution >= 0.6 is 42.6 Å². The van der Waals surface area contributed by atoms with Crippen molar-refractivity contribution in [3.05, 3.63) is 171 Å². The van der Waals surface area contributed by atoms with Crippen molar-refractivity contribution in [3.63, 3.8) is 0 Å². The largest absolute Gasteiger partial charge is 0.524 e. The van der Waals surface area contributed by atoms with Gasteiger partial charge in [0.15, 0.2) is 29.0 Å². The number of rotatable bonds is 44. The van der Waals surface area contributed by atoms with Gasteiger partial charge in [-0.25, -0.2) is 34.5 Å². The van der Waals surface area contributed by atoms with E-state index in [0.717, 1.165) is 216 Å². The van der Waals surface area contributed by atoms with Crippen molar-refractivity contribution in [2.24, 2.45) is 0 Å². The molecule has 648 valence electrons. The lowest BCUT2D eigenvalue weighted by Crippen LogP contribution is -2.26. The number of hydrogen-bond acceptors (Lipinski definition) is 20. The predicted octanol–water partition coefficient (Wildman–Crippen LogP) is 15.0. The maximum Gasteiger partial charge on any atom is 0.524 e. The minimum Gasteiger partial charge on any atom is -0.508 e. The Kier molecular flexibility index (Phi) is 35.6. The second-order valence-corrected chi connectivity index (χ2v) is 32.0. The molecule has 0 aliphatic carbocycles. The van der Waals surface area contributed by atoms with Crippen LogP contribution in [0.3, 0.4) is 0 Å². The smallest absolute Gasteiger partial charge is 0.508 e. The molecule has 28 nitrogen and oxygen atoms in total. The van der Waals surface area contributed by atoms with Gasteiger partial charge in [0, 0.05) is 113 Å². The number of nitrogens with zero attached hydrogens (tertiary/aromatic N) is 9. The maximum absolute atomic E-state index is 11.4. The number of phosphoric acid groups is 1. The number of nitrogens with one attached hydrogen (secondary N) is 3. The second-order valence-electron chi connectivity index (χ2n) is 30.0. The van der Waals surface area contributed by atoms with Crippen LogP contribution in [0.5, 0.6) is 23.0 Å². The number of aromatic hydroxyl groups is 3. The number of aryl methyl sites for hydroxylation is 8. The molecule has 0 bridgehead atoms. The molecule has 6 aromatic carbocycles. The number of halogens is 3. The molecule has 32 heteroatoms.